The zero-order valence-electron chi connectivity index (χ0n) is 8.74. The molecule has 0 aliphatic carbocycles. The van der Waals surface area contributed by atoms with Crippen LogP contribution in [0.2, 0.25) is 0 Å². The van der Waals surface area contributed by atoms with Gasteiger partial charge in [-0.2, -0.15) is 0 Å². The Hall–Kier alpha value is -2.23. The number of benzene rings is 1. The van der Waals surface area contributed by atoms with Crippen molar-refractivity contribution in [3.8, 4) is 11.3 Å². The predicted octanol–water partition coefficient (Wildman–Crippen LogP) is 3.51. The maximum atomic E-state index is 13.0. The average Bonchev–Trinajstić information content (AvgIpc) is 2.72. The van der Waals surface area contributed by atoms with Gasteiger partial charge in [-0.1, -0.05) is 0 Å². The largest absolute Gasteiger partial charge is 0.339 e. The number of halogens is 2. The third kappa shape index (κ3) is 1.78. The van der Waals surface area contributed by atoms with Gasteiger partial charge in [0.05, 0.1) is 6.20 Å². The predicted molar refractivity (Wildman–Crippen MR) is 61.4 cm³/mol. The van der Waals surface area contributed by atoms with Crippen LogP contribution in [0.15, 0.2) is 42.6 Å². The summed E-state index contributed by atoms with van der Waals surface area (Å²) >= 11 is 0. The van der Waals surface area contributed by atoms with Crippen molar-refractivity contribution >= 4 is 11.0 Å². The molecule has 17 heavy (non-hydrogen) atoms. The van der Waals surface area contributed by atoms with Crippen LogP contribution < -0.4 is 0 Å². The Labute approximate surface area is 95.9 Å². The van der Waals surface area contributed by atoms with Crippen molar-refractivity contribution < 1.29 is 8.78 Å². The Kier molecular flexibility index (Phi) is 2.14. The van der Waals surface area contributed by atoms with Gasteiger partial charge in [0.15, 0.2) is 0 Å². The summed E-state index contributed by atoms with van der Waals surface area (Å²) < 4.78 is 25.8. The fourth-order valence-corrected chi connectivity index (χ4v) is 1.77. The van der Waals surface area contributed by atoms with Gasteiger partial charge in [-0.05, 0) is 42.0 Å². The standard InChI is InChI=1S/C13H8F2N2/c14-10-3-1-8(2-4-10)12-6-9-5-11(15)7-16-13(9)17-12/h1-7H,(H,16,17). The summed E-state index contributed by atoms with van der Waals surface area (Å²) in [5.41, 5.74) is 2.24. The summed E-state index contributed by atoms with van der Waals surface area (Å²) in [6, 6.07) is 9.29. The summed E-state index contributed by atoms with van der Waals surface area (Å²) in [6.45, 7) is 0. The average molecular weight is 230 g/mol. The Balaban J connectivity index is 2.14. The van der Waals surface area contributed by atoms with E-state index in [0.717, 1.165) is 17.5 Å². The van der Waals surface area contributed by atoms with E-state index >= 15 is 0 Å². The Morgan fingerprint density at radius 3 is 2.47 bits per heavy atom. The molecule has 0 aliphatic heterocycles. The number of hydrogen-bond acceptors (Lipinski definition) is 1. The van der Waals surface area contributed by atoms with Gasteiger partial charge >= 0.3 is 0 Å². The second-order valence-electron chi connectivity index (χ2n) is 3.78. The normalized spacial score (nSPS) is 10.9. The highest BCUT2D eigenvalue weighted by Crippen LogP contribution is 2.23. The second-order valence-corrected chi connectivity index (χ2v) is 3.78. The molecule has 0 spiro atoms. The van der Waals surface area contributed by atoms with Crippen LogP contribution in [0, 0.1) is 11.6 Å². The zero-order chi connectivity index (χ0) is 11.8. The number of pyridine rings is 1. The first-order valence-corrected chi connectivity index (χ1v) is 5.12. The van der Waals surface area contributed by atoms with Crippen LogP contribution in [0.5, 0.6) is 0 Å². The van der Waals surface area contributed by atoms with Gasteiger partial charge in [-0.25, -0.2) is 13.8 Å². The van der Waals surface area contributed by atoms with Crippen molar-refractivity contribution in [2.75, 3.05) is 0 Å². The lowest BCUT2D eigenvalue weighted by Crippen LogP contribution is -1.80. The topological polar surface area (TPSA) is 28.7 Å². The number of H-pyrrole nitrogens is 1. The van der Waals surface area contributed by atoms with Crippen molar-refractivity contribution in [3.63, 3.8) is 0 Å². The van der Waals surface area contributed by atoms with Crippen molar-refractivity contribution in [1.29, 1.82) is 0 Å². The molecule has 0 saturated carbocycles. The van der Waals surface area contributed by atoms with Crippen LogP contribution in [-0.4, -0.2) is 9.97 Å². The van der Waals surface area contributed by atoms with Crippen LogP contribution in [-0.2, 0) is 0 Å². The van der Waals surface area contributed by atoms with Crippen molar-refractivity contribution in [1.82, 2.24) is 9.97 Å². The molecule has 0 unspecified atom stereocenters. The number of hydrogen-bond donors (Lipinski definition) is 1. The minimum absolute atomic E-state index is 0.283. The van der Waals surface area contributed by atoms with E-state index in [4.69, 9.17) is 0 Å². The summed E-state index contributed by atoms with van der Waals surface area (Å²) in [7, 11) is 0. The highest BCUT2D eigenvalue weighted by Gasteiger charge is 2.05. The molecule has 84 valence electrons. The molecule has 4 heteroatoms. The summed E-state index contributed by atoms with van der Waals surface area (Å²) in [5.74, 6) is -0.656. The monoisotopic (exact) mass is 230 g/mol. The lowest BCUT2D eigenvalue weighted by Gasteiger charge is -1.96. The van der Waals surface area contributed by atoms with Gasteiger partial charge in [-0.15, -0.1) is 0 Å². The molecule has 1 aromatic carbocycles. The van der Waals surface area contributed by atoms with Gasteiger partial charge in [0.2, 0.25) is 0 Å². The fraction of sp³-hybridized carbons (Fsp3) is 0. The SMILES string of the molecule is Fc1ccc(-c2cc3cc(F)cnc3[nH]2)cc1. The van der Waals surface area contributed by atoms with Crippen LogP contribution in [0.1, 0.15) is 0 Å². The fourth-order valence-electron chi connectivity index (χ4n) is 1.77. The van der Waals surface area contributed by atoms with Crippen molar-refractivity contribution in [3.05, 3.63) is 54.2 Å². The number of nitrogens with zero attached hydrogens (tertiary/aromatic N) is 1. The second kappa shape index (κ2) is 3.66. The van der Waals surface area contributed by atoms with E-state index in [1.54, 1.807) is 18.2 Å². The van der Waals surface area contributed by atoms with E-state index in [9.17, 15) is 8.78 Å². The Morgan fingerprint density at radius 2 is 1.71 bits per heavy atom. The first kappa shape index (κ1) is 9.96. The smallest absolute Gasteiger partial charge is 0.142 e. The molecule has 0 aliphatic rings. The van der Waals surface area contributed by atoms with E-state index in [1.165, 1.54) is 18.2 Å². The van der Waals surface area contributed by atoms with Crippen molar-refractivity contribution in [2.45, 2.75) is 0 Å². The summed E-state index contributed by atoms with van der Waals surface area (Å²) in [6.07, 6.45) is 1.16. The number of aromatic amines is 1. The molecule has 0 fully saturated rings. The molecule has 2 aromatic heterocycles. The number of aromatic nitrogens is 2. The molecular formula is C13H8F2N2. The van der Waals surface area contributed by atoms with Gasteiger partial charge in [0.25, 0.3) is 0 Å². The van der Waals surface area contributed by atoms with Crippen LogP contribution in [0.3, 0.4) is 0 Å². The third-order valence-corrected chi connectivity index (χ3v) is 2.59. The maximum absolute atomic E-state index is 13.0. The number of fused-ring (bicyclic) bond motifs is 1. The maximum Gasteiger partial charge on any atom is 0.142 e. The highest BCUT2D eigenvalue weighted by molar-refractivity contribution is 5.82. The van der Waals surface area contributed by atoms with Gasteiger partial charge in [0.1, 0.15) is 17.3 Å². The minimum atomic E-state index is -0.373. The summed E-state index contributed by atoms with van der Waals surface area (Å²) in [5, 5.41) is 0.698. The van der Waals surface area contributed by atoms with E-state index in [-0.39, 0.29) is 11.6 Å². The molecule has 0 atom stereocenters. The minimum Gasteiger partial charge on any atom is -0.339 e. The molecular weight excluding hydrogens is 222 g/mol. The molecule has 0 bridgehead atoms. The van der Waals surface area contributed by atoms with Gasteiger partial charge in [0, 0.05) is 11.1 Å². The van der Waals surface area contributed by atoms with Gasteiger partial charge < -0.3 is 4.98 Å². The molecule has 3 aromatic rings. The molecule has 2 nitrogen and oxygen atoms in total. The molecule has 0 amide bonds. The van der Waals surface area contributed by atoms with Crippen molar-refractivity contribution in [2.24, 2.45) is 0 Å². The van der Waals surface area contributed by atoms with E-state index in [0.29, 0.717) is 11.0 Å². The van der Waals surface area contributed by atoms with E-state index < -0.39 is 0 Å². The number of rotatable bonds is 1. The molecule has 0 saturated heterocycles. The molecule has 3 rings (SSSR count). The first-order chi connectivity index (χ1) is 8.22. The molecule has 2 heterocycles. The van der Waals surface area contributed by atoms with Crippen LogP contribution >= 0.6 is 0 Å². The van der Waals surface area contributed by atoms with Gasteiger partial charge in [-0.3, -0.25) is 0 Å². The Morgan fingerprint density at radius 1 is 0.941 bits per heavy atom. The quantitative estimate of drug-likeness (QED) is 0.680. The lowest BCUT2D eigenvalue weighted by atomic mass is 10.1. The third-order valence-electron chi connectivity index (χ3n) is 2.59. The summed E-state index contributed by atoms with van der Waals surface area (Å²) in [4.78, 5) is 7.00. The highest BCUT2D eigenvalue weighted by atomic mass is 19.1. The lowest BCUT2D eigenvalue weighted by molar-refractivity contribution is 0.624. The van der Waals surface area contributed by atoms with E-state index in [2.05, 4.69) is 9.97 Å². The first-order valence-electron chi connectivity index (χ1n) is 5.12. The van der Waals surface area contributed by atoms with Crippen LogP contribution in [0.4, 0.5) is 8.78 Å². The zero-order valence-corrected chi connectivity index (χ0v) is 8.74. The molecule has 0 radical (unpaired) electrons. The van der Waals surface area contributed by atoms with E-state index in [1.807, 2.05) is 0 Å². The Bertz CT molecular complexity index is 671. The molecule has 1 N–H and O–H groups in total. The van der Waals surface area contributed by atoms with Crippen LogP contribution in [0.25, 0.3) is 22.3 Å². The number of nitrogens with one attached hydrogen (secondary N) is 1.